The van der Waals surface area contributed by atoms with Gasteiger partial charge in [-0.25, -0.2) is 0 Å². The molecule has 2 unspecified atom stereocenters. The Bertz CT molecular complexity index is 350. The molecule has 0 spiro atoms. The number of hydrogen-bond acceptors (Lipinski definition) is 3. The van der Waals surface area contributed by atoms with Crippen LogP contribution in [0.3, 0.4) is 0 Å². The molecular weight excluding hydrogens is 199 g/mol. The van der Waals surface area contributed by atoms with Gasteiger partial charge < -0.3 is 9.05 Å². The van der Waals surface area contributed by atoms with Gasteiger partial charge in [0.2, 0.25) is 0 Å². The van der Waals surface area contributed by atoms with Crippen molar-refractivity contribution in [3.05, 3.63) is 35.9 Å². The molecule has 1 saturated heterocycles. The molecule has 3 nitrogen and oxygen atoms in total. The molecule has 1 aliphatic heterocycles. The fourth-order valence-corrected chi connectivity index (χ4v) is 2.72. The predicted molar refractivity (Wildman–Crippen MR) is 54.4 cm³/mol. The molecule has 0 saturated carbocycles. The zero-order valence-electron chi connectivity index (χ0n) is 8.05. The van der Waals surface area contributed by atoms with Crippen LogP contribution in [0.15, 0.2) is 30.3 Å². The van der Waals surface area contributed by atoms with E-state index in [4.69, 9.17) is 9.05 Å². The van der Waals surface area contributed by atoms with Gasteiger partial charge in [0.1, 0.15) is 0 Å². The quantitative estimate of drug-likeness (QED) is 0.671. The van der Waals surface area contributed by atoms with Crippen molar-refractivity contribution >= 4 is 7.60 Å². The summed E-state index contributed by atoms with van der Waals surface area (Å²) < 4.78 is 22.0. The van der Waals surface area contributed by atoms with E-state index in [1.165, 1.54) is 6.66 Å². The van der Waals surface area contributed by atoms with Crippen LogP contribution < -0.4 is 0 Å². The van der Waals surface area contributed by atoms with Gasteiger partial charge in [-0.1, -0.05) is 30.3 Å². The van der Waals surface area contributed by atoms with Gasteiger partial charge in [-0.3, -0.25) is 4.57 Å². The minimum Gasteiger partial charge on any atom is -0.309 e. The van der Waals surface area contributed by atoms with E-state index in [1.807, 2.05) is 30.3 Å². The molecule has 0 aliphatic carbocycles. The van der Waals surface area contributed by atoms with Gasteiger partial charge in [0.05, 0.1) is 12.7 Å². The summed E-state index contributed by atoms with van der Waals surface area (Å²) >= 11 is 0. The molecule has 1 heterocycles. The molecule has 1 aromatic rings. The van der Waals surface area contributed by atoms with Crippen molar-refractivity contribution in [3.63, 3.8) is 0 Å². The largest absolute Gasteiger partial charge is 0.328 e. The molecular formula is C10H13O3P. The van der Waals surface area contributed by atoms with E-state index in [0.29, 0.717) is 6.61 Å². The fourth-order valence-electron chi connectivity index (χ4n) is 1.54. The predicted octanol–water partition coefficient (Wildman–Crippen LogP) is 2.99. The van der Waals surface area contributed by atoms with Crippen LogP contribution in [0.4, 0.5) is 0 Å². The Balaban J connectivity index is 2.16. The number of hydrogen-bond donors (Lipinski definition) is 0. The summed E-state index contributed by atoms with van der Waals surface area (Å²) in [6.07, 6.45) is 0.683. The topological polar surface area (TPSA) is 35.5 Å². The minimum absolute atomic E-state index is 0.0826. The molecule has 2 rings (SSSR count). The maximum atomic E-state index is 11.6. The zero-order valence-corrected chi connectivity index (χ0v) is 8.94. The summed E-state index contributed by atoms with van der Waals surface area (Å²) in [5.41, 5.74) is 1.07. The second kappa shape index (κ2) is 3.85. The molecule has 1 fully saturated rings. The molecule has 4 heteroatoms. The Kier molecular flexibility index (Phi) is 2.73. The Hall–Kier alpha value is -0.630. The van der Waals surface area contributed by atoms with Crippen molar-refractivity contribution in [1.29, 1.82) is 0 Å². The minimum atomic E-state index is -2.81. The maximum Gasteiger partial charge on any atom is 0.328 e. The fraction of sp³-hybridized carbons (Fsp3) is 0.400. The normalized spacial score (nSPS) is 32.8. The molecule has 76 valence electrons. The molecule has 2 atom stereocenters. The highest BCUT2D eigenvalue weighted by molar-refractivity contribution is 7.53. The lowest BCUT2D eigenvalue weighted by Crippen LogP contribution is -2.13. The van der Waals surface area contributed by atoms with Gasteiger partial charge in [-0.2, -0.15) is 0 Å². The van der Waals surface area contributed by atoms with E-state index in [1.54, 1.807) is 0 Å². The van der Waals surface area contributed by atoms with Gasteiger partial charge in [0.25, 0.3) is 0 Å². The molecule has 0 aromatic heterocycles. The Morgan fingerprint density at radius 3 is 2.71 bits per heavy atom. The number of rotatable bonds is 1. The third kappa shape index (κ3) is 2.24. The van der Waals surface area contributed by atoms with E-state index >= 15 is 0 Å². The molecule has 1 aliphatic rings. The van der Waals surface area contributed by atoms with Crippen LogP contribution in [0.25, 0.3) is 0 Å². The van der Waals surface area contributed by atoms with Crippen LogP contribution in [0, 0.1) is 0 Å². The third-order valence-electron chi connectivity index (χ3n) is 2.20. The standard InChI is InChI=1S/C10H13O3P/c1-14(11)12-8-7-10(13-14)9-5-3-2-4-6-9/h2-6,10H,7-8H2,1H3. The average molecular weight is 212 g/mol. The van der Waals surface area contributed by atoms with E-state index < -0.39 is 7.60 Å². The molecule has 14 heavy (non-hydrogen) atoms. The summed E-state index contributed by atoms with van der Waals surface area (Å²) in [5.74, 6) is 0. The van der Waals surface area contributed by atoms with Crippen molar-refractivity contribution in [2.75, 3.05) is 13.3 Å². The Morgan fingerprint density at radius 2 is 2.07 bits per heavy atom. The van der Waals surface area contributed by atoms with Gasteiger partial charge in [-0.05, 0) is 5.56 Å². The first-order valence-corrected chi connectivity index (χ1v) is 6.62. The van der Waals surface area contributed by atoms with Gasteiger partial charge in [-0.15, -0.1) is 0 Å². The van der Waals surface area contributed by atoms with Crippen molar-refractivity contribution in [1.82, 2.24) is 0 Å². The Labute approximate surface area is 83.6 Å². The van der Waals surface area contributed by atoms with Crippen LogP contribution in [-0.4, -0.2) is 13.3 Å². The van der Waals surface area contributed by atoms with Gasteiger partial charge in [0.15, 0.2) is 0 Å². The van der Waals surface area contributed by atoms with Crippen LogP contribution in [0.5, 0.6) is 0 Å². The van der Waals surface area contributed by atoms with Crippen molar-refractivity contribution in [3.8, 4) is 0 Å². The molecule has 0 bridgehead atoms. The lowest BCUT2D eigenvalue weighted by molar-refractivity contribution is 0.0845. The average Bonchev–Trinajstić information content (AvgIpc) is 2.18. The summed E-state index contributed by atoms with van der Waals surface area (Å²) in [5, 5.41) is 0. The monoisotopic (exact) mass is 212 g/mol. The number of benzene rings is 1. The second-order valence-electron chi connectivity index (χ2n) is 3.40. The van der Waals surface area contributed by atoms with E-state index in [9.17, 15) is 4.57 Å². The third-order valence-corrected chi connectivity index (χ3v) is 3.48. The van der Waals surface area contributed by atoms with E-state index in [2.05, 4.69) is 0 Å². The lowest BCUT2D eigenvalue weighted by Gasteiger charge is -2.27. The molecule has 0 N–H and O–H groups in total. The highest BCUT2D eigenvalue weighted by Gasteiger charge is 2.29. The van der Waals surface area contributed by atoms with Crippen LogP contribution >= 0.6 is 7.60 Å². The van der Waals surface area contributed by atoms with E-state index in [0.717, 1.165) is 12.0 Å². The maximum absolute atomic E-state index is 11.6. The molecule has 0 radical (unpaired) electrons. The van der Waals surface area contributed by atoms with Crippen molar-refractivity contribution < 1.29 is 13.6 Å². The highest BCUT2D eigenvalue weighted by atomic mass is 31.2. The summed E-state index contributed by atoms with van der Waals surface area (Å²) in [4.78, 5) is 0. The van der Waals surface area contributed by atoms with Gasteiger partial charge >= 0.3 is 7.60 Å². The first-order chi connectivity index (χ1) is 6.67. The van der Waals surface area contributed by atoms with Crippen LogP contribution in [0.1, 0.15) is 18.1 Å². The highest BCUT2D eigenvalue weighted by Crippen LogP contribution is 2.52. The van der Waals surface area contributed by atoms with Gasteiger partial charge in [0, 0.05) is 13.1 Å². The van der Waals surface area contributed by atoms with Crippen LogP contribution in [0.2, 0.25) is 0 Å². The summed E-state index contributed by atoms with van der Waals surface area (Å²) in [7, 11) is -2.81. The van der Waals surface area contributed by atoms with Crippen LogP contribution in [-0.2, 0) is 13.6 Å². The second-order valence-corrected chi connectivity index (χ2v) is 5.41. The zero-order chi connectivity index (χ0) is 10.0. The SMILES string of the molecule is CP1(=O)OCCC(c2ccccc2)O1. The molecule has 1 aromatic carbocycles. The van der Waals surface area contributed by atoms with Crippen molar-refractivity contribution in [2.45, 2.75) is 12.5 Å². The first kappa shape index (κ1) is 9.91. The summed E-state index contributed by atoms with van der Waals surface area (Å²) in [6.45, 7) is 2.02. The summed E-state index contributed by atoms with van der Waals surface area (Å²) in [6, 6.07) is 9.82. The smallest absolute Gasteiger partial charge is 0.309 e. The molecule has 0 amide bonds. The van der Waals surface area contributed by atoms with E-state index in [-0.39, 0.29) is 6.10 Å². The lowest BCUT2D eigenvalue weighted by atomic mass is 10.1. The first-order valence-electron chi connectivity index (χ1n) is 4.63. The Morgan fingerprint density at radius 1 is 1.36 bits per heavy atom. The van der Waals surface area contributed by atoms with Crippen molar-refractivity contribution in [2.24, 2.45) is 0 Å².